The van der Waals surface area contributed by atoms with Crippen LogP contribution in [-0.4, -0.2) is 12.6 Å². The van der Waals surface area contributed by atoms with Crippen molar-refractivity contribution in [3.05, 3.63) is 199 Å². The van der Waals surface area contributed by atoms with E-state index in [-0.39, 0.29) is 0 Å². The predicted molar refractivity (Wildman–Crippen MR) is 202 cm³/mol. The molecule has 8 rings (SSSR count). The number of para-hydroxylation sites is 2. The second-order valence-corrected chi connectivity index (χ2v) is 15.6. The van der Waals surface area contributed by atoms with Gasteiger partial charge in [-0.3, -0.25) is 0 Å². The van der Waals surface area contributed by atoms with E-state index in [1.807, 2.05) is 24.3 Å². The highest BCUT2D eigenvalue weighted by molar-refractivity contribution is 7.20. The van der Waals surface area contributed by atoms with Crippen LogP contribution in [0, 0.1) is 13.1 Å². The quantitative estimate of drug-likeness (QED) is 0.0993. The summed E-state index contributed by atoms with van der Waals surface area (Å²) in [5, 5.41) is 7.14. The van der Waals surface area contributed by atoms with Crippen LogP contribution in [0.4, 0.5) is 11.4 Å². The van der Waals surface area contributed by atoms with Crippen molar-refractivity contribution >= 4 is 62.0 Å². The molecule has 3 nitrogen and oxygen atoms in total. The summed E-state index contributed by atoms with van der Waals surface area (Å²) in [6.07, 6.45) is 0. The summed E-state index contributed by atoms with van der Waals surface area (Å²) in [5.41, 5.74) is 5.89. The number of benzene rings is 7. The van der Waals surface area contributed by atoms with Crippen molar-refractivity contribution in [1.29, 1.82) is 0 Å². The summed E-state index contributed by atoms with van der Waals surface area (Å²) in [6.45, 7) is 16.6. The van der Waals surface area contributed by atoms with Crippen LogP contribution in [0.1, 0.15) is 0 Å². The van der Waals surface area contributed by atoms with Crippen molar-refractivity contribution in [3.63, 3.8) is 0 Å². The molecule has 7 aromatic carbocycles. The molecule has 0 fully saturated rings. The van der Waals surface area contributed by atoms with Crippen LogP contribution in [-0.2, 0) is 0 Å². The van der Waals surface area contributed by atoms with Crippen molar-refractivity contribution in [1.82, 2.24) is 4.57 Å². The molecule has 0 saturated heterocycles. The van der Waals surface area contributed by atoms with Gasteiger partial charge in [-0.05, 0) is 62.2 Å². The third-order valence-corrected chi connectivity index (χ3v) is 14.2. The van der Waals surface area contributed by atoms with Crippen molar-refractivity contribution < 1.29 is 0 Å². The fraction of sp³-hybridized carbons (Fsp3) is 0. The molecule has 1 heterocycles. The molecule has 8 aromatic rings. The number of aromatic nitrogens is 1. The molecule has 0 amide bonds. The van der Waals surface area contributed by atoms with Gasteiger partial charge in [0.05, 0.1) is 24.2 Å². The third kappa shape index (κ3) is 4.55. The average Bonchev–Trinajstić information content (AvgIpc) is 3.50. The number of nitrogens with zero attached hydrogens (tertiary/aromatic N) is 3. The lowest BCUT2D eigenvalue weighted by atomic mass is 10.0. The fourth-order valence-electron chi connectivity index (χ4n) is 7.41. The van der Waals surface area contributed by atoms with Gasteiger partial charge in [0.15, 0.2) is 19.4 Å². The number of rotatable bonds is 6. The molecular weight excluding hydrogens is 599 g/mol. The predicted octanol–water partition coefficient (Wildman–Crippen LogP) is 8.93. The largest absolute Gasteiger partial charge is 0.310 e. The van der Waals surface area contributed by atoms with Gasteiger partial charge in [-0.1, -0.05) is 146 Å². The van der Waals surface area contributed by atoms with Gasteiger partial charge in [0.2, 0.25) is 0 Å². The SMILES string of the molecule is [C-]#[N+]c1cc(-c2c([N+]#[C-])cccc2[Si](c2ccccc2)(c2ccccc2)c2ccccc2)cc(-n2c3ccccc3c3ccccc32)c1. The Balaban J connectivity index is 1.51. The second kappa shape index (κ2) is 12.0. The van der Waals surface area contributed by atoms with E-state index < -0.39 is 8.07 Å². The highest BCUT2D eigenvalue weighted by atomic mass is 28.3. The monoisotopic (exact) mass is 627 g/mol. The third-order valence-electron chi connectivity index (χ3n) is 9.35. The van der Waals surface area contributed by atoms with Gasteiger partial charge in [-0.15, -0.1) is 0 Å². The lowest BCUT2D eigenvalue weighted by Crippen LogP contribution is -2.75. The van der Waals surface area contributed by atoms with Crippen molar-refractivity contribution in [2.75, 3.05) is 0 Å². The number of fused-ring (bicyclic) bond motifs is 3. The first kappa shape index (κ1) is 29.0. The van der Waals surface area contributed by atoms with Crippen LogP contribution in [0.15, 0.2) is 176 Å². The van der Waals surface area contributed by atoms with E-state index in [0.717, 1.165) is 43.8 Å². The van der Waals surface area contributed by atoms with E-state index in [4.69, 9.17) is 13.1 Å². The summed E-state index contributed by atoms with van der Waals surface area (Å²) in [4.78, 5) is 8.12. The maximum absolute atomic E-state index is 8.43. The molecule has 1 aromatic heterocycles. The summed E-state index contributed by atoms with van der Waals surface area (Å²) < 4.78 is 2.25. The van der Waals surface area contributed by atoms with E-state index in [0.29, 0.717) is 11.4 Å². The van der Waals surface area contributed by atoms with E-state index in [1.165, 1.54) is 15.6 Å². The van der Waals surface area contributed by atoms with Crippen molar-refractivity contribution in [2.24, 2.45) is 0 Å². The van der Waals surface area contributed by atoms with Gasteiger partial charge in [0, 0.05) is 16.5 Å². The Bertz CT molecular complexity index is 2370. The number of hydrogen-bond acceptors (Lipinski definition) is 0. The van der Waals surface area contributed by atoms with E-state index in [2.05, 4.69) is 166 Å². The van der Waals surface area contributed by atoms with Gasteiger partial charge in [-0.2, -0.15) is 0 Å². The van der Waals surface area contributed by atoms with Crippen LogP contribution in [0.2, 0.25) is 0 Å². The minimum absolute atomic E-state index is 0.529. The Hall–Kier alpha value is -6.46. The molecule has 0 atom stereocenters. The van der Waals surface area contributed by atoms with Crippen LogP contribution in [0.3, 0.4) is 0 Å². The first-order valence-corrected chi connectivity index (χ1v) is 17.9. The minimum atomic E-state index is -3.00. The topological polar surface area (TPSA) is 13.7 Å². The highest BCUT2D eigenvalue weighted by Crippen LogP contribution is 2.38. The van der Waals surface area contributed by atoms with Gasteiger partial charge in [-0.25, -0.2) is 9.69 Å². The summed E-state index contributed by atoms with van der Waals surface area (Å²) in [5.74, 6) is 0. The maximum Gasteiger partial charge on any atom is 0.194 e. The number of hydrogen-bond donors (Lipinski definition) is 0. The van der Waals surface area contributed by atoms with Crippen LogP contribution in [0.5, 0.6) is 0 Å². The molecule has 0 N–H and O–H groups in total. The van der Waals surface area contributed by atoms with Crippen molar-refractivity contribution in [3.8, 4) is 16.8 Å². The van der Waals surface area contributed by atoms with Crippen LogP contribution in [0.25, 0.3) is 48.3 Å². The first-order valence-electron chi connectivity index (χ1n) is 15.9. The molecule has 0 radical (unpaired) electrons. The Morgan fingerprint density at radius 1 is 0.458 bits per heavy atom. The molecule has 0 aliphatic rings. The standard InChI is InChI=1S/C44H29N3Si/c1-45-33-29-32(30-34(31-33)47-41-26-14-12-23-38(41)39-24-13-15-27-42(39)47)44-40(46-2)25-16-28-43(44)48(35-17-6-3-7-18-35,36-19-8-4-9-20-36)37-21-10-5-11-22-37/h3-31H. The molecular formula is C44H29N3Si. The Kier molecular flexibility index (Phi) is 7.27. The van der Waals surface area contributed by atoms with E-state index >= 15 is 0 Å². The Morgan fingerprint density at radius 3 is 1.46 bits per heavy atom. The fourth-order valence-corrected chi connectivity index (χ4v) is 12.4. The molecule has 0 saturated carbocycles. The lowest BCUT2D eigenvalue weighted by molar-refractivity contribution is 1.18. The molecule has 0 bridgehead atoms. The first-order chi connectivity index (χ1) is 23.7. The Morgan fingerprint density at radius 2 is 0.958 bits per heavy atom. The zero-order chi connectivity index (χ0) is 32.5. The van der Waals surface area contributed by atoms with Gasteiger partial charge < -0.3 is 4.57 Å². The van der Waals surface area contributed by atoms with Crippen molar-refractivity contribution in [2.45, 2.75) is 0 Å². The maximum atomic E-state index is 8.43. The smallest absolute Gasteiger partial charge is 0.194 e. The molecule has 48 heavy (non-hydrogen) atoms. The highest BCUT2D eigenvalue weighted by Gasteiger charge is 2.43. The molecule has 224 valence electrons. The normalized spacial score (nSPS) is 11.3. The van der Waals surface area contributed by atoms with E-state index in [9.17, 15) is 0 Å². The summed E-state index contributed by atoms with van der Waals surface area (Å²) in [7, 11) is -3.00. The molecule has 0 spiro atoms. The van der Waals surface area contributed by atoms with Crippen LogP contribution >= 0.6 is 0 Å². The Labute approximate surface area is 281 Å². The minimum Gasteiger partial charge on any atom is -0.310 e. The molecule has 4 heteroatoms. The zero-order valence-electron chi connectivity index (χ0n) is 26.1. The average molecular weight is 628 g/mol. The molecule has 0 aliphatic carbocycles. The van der Waals surface area contributed by atoms with E-state index in [1.54, 1.807) is 0 Å². The van der Waals surface area contributed by atoms with Gasteiger partial charge >= 0.3 is 0 Å². The summed E-state index contributed by atoms with van der Waals surface area (Å²) in [6, 6.07) is 61.3. The lowest BCUT2D eigenvalue weighted by Gasteiger charge is -2.36. The van der Waals surface area contributed by atoms with Gasteiger partial charge in [0.1, 0.15) is 0 Å². The zero-order valence-corrected chi connectivity index (χ0v) is 27.1. The second-order valence-electron chi connectivity index (χ2n) is 11.9. The van der Waals surface area contributed by atoms with Crippen LogP contribution < -0.4 is 20.7 Å². The molecule has 0 unspecified atom stereocenters. The van der Waals surface area contributed by atoms with Gasteiger partial charge in [0.25, 0.3) is 0 Å². The molecule has 0 aliphatic heterocycles. The summed E-state index contributed by atoms with van der Waals surface area (Å²) >= 11 is 0.